The summed E-state index contributed by atoms with van der Waals surface area (Å²) >= 11 is 0.863. The largest absolute Gasteiger partial charge is 0.469 e. The highest BCUT2D eigenvalue weighted by atomic mass is 32.1. The lowest BCUT2D eigenvalue weighted by atomic mass is 9.99. The Labute approximate surface area is 125 Å². The topological polar surface area (TPSA) is 89.8 Å². The molecule has 1 aliphatic rings. The van der Waals surface area contributed by atoms with E-state index in [4.69, 9.17) is 0 Å². The van der Waals surface area contributed by atoms with Crippen LogP contribution in [-0.2, 0) is 9.53 Å². The molecule has 0 N–H and O–H groups in total. The molecule has 2 rings (SSSR count). The van der Waals surface area contributed by atoms with E-state index in [-0.39, 0.29) is 29.3 Å². The number of carbonyl (C=O) groups excluding carboxylic acids is 2. The van der Waals surface area contributed by atoms with Crippen molar-refractivity contribution in [3.63, 3.8) is 0 Å². The van der Waals surface area contributed by atoms with Crippen LogP contribution in [0.3, 0.4) is 0 Å². The maximum absolute atomic E-state index is 12.5. The second-order valence-electron chi connectivity index (χ2n) is 4.82. The molecule has 2 heterocycles. The number of likely N-dealkylation sites (tertiary alicyclic amines) is 1. The first-order valence-corrected chi connectivity index (χ1v) is 7.46. The number of nitrogens with zero attached hydrogens (tertiary/aromatic N) is 2. The molecule has 1 unspecified atom stereocenters. The van der Waals surface area contributed by atoms with Crippen molar-refractivity contribution in [1.29, 1.82) is 0 Å². The van der Waals surface area contributed by atoms with Crippen LogP contribution in [0.25, 0.3) is 0 Å². The average Bonchev–Trinajstić information content (AvgIpc) is 2.97. The third-order valence-electron chi connectivity index (χ3n) is 3.50. The Morgan fingerprint density at radius 3 is 2.86 bits per heavy atom. The van der Waals surface area contributed by atoms with Gasteiger partial charge in [0.1, 0.15) is 0 Å². The van der Waals surface area contributed by atoms with E-state index in [1.807, 2.05) is 0 Å². The molecule has 0 aliphatic carbocycles. The van der Waals surface area contributed by atoms with Crippen LogP contribution in [0.5, 0.6) is 0 Å². The van der Waals surface area contributed by atoms with Gasteiger partial charge in [0, 0.05) is 18.7 Å². The summed E-state index contributed by atoms with van der Waals surface area (Å²) in [6.45, 7) is 0.562. The number of carbonyl (C=O) groups is 2. The van der Waals surface area contributed by atoms with E-state index in [0.717, 1.165) is 30.6 Å². The molecule has 8 heteroatoms. The number of amides is 1. The molecule has 21 heavy (non-hydrogen) atoms. The lowest BCUT2D eigenvalue weighted by molar-refractivity contribution is -0.380. The molecule has 0 bridgehead atoms. The van der Waals surface area contributed by atoms with E-state index in [9.17, 15) is 19.7 Å². The van der Waals surface area contributed by atoms with Gasteiger partial charge in [-0.3, -0.25) is 19.7 Å². The fourth-order valence-corrected chi connectivity index (χ4v) is 3.21. The van der Waals surface area contributed by atoms with E-state index in [1.54, 1.807) is 4.90 Å². The van der Waals surface area contributed by atoms with Crippen molar-refractivity contribution < 1.29 is 19.2 Å². The van der Waals surface area contributed by atoms with Crippen molar-refractivity contribution in [3.05, 3.63) is 27.1 Å². The number of rotatable bonds is 4. The minimum Gasteiger partial charge on any atom is -0.469 e. The maximum Gasteiger partial charge on any atom is 0.324 e. The number of hydrogen-bond donors (Lipinski definition) is 0. The Morgan fingerprint density at radius 2 is 2.24 bits per heavy atom. The molecule has 0 radical (unpaired) electrons. The Morgan fingerprint density at radius 1 is 1.48 bits per heavy atom. The van der Waals surface area contributed by atoms with Crippen molar-refractivity contribution in [2.75, 3.05) is 13.7 Å². The summed E-state index contributed by atoms with van der Waals surface area (Å²) in [6.07, 6.45) is 2.73. The molecular formula is C13H16N2O5S. The van der Waals surface area contributed by atoms with Crippen LogP contribution in [0, 0.1) is 10.1 Å². The van der Waals surface area contributed by atoms with Crippen molar-refractivity contribution in [2.24, 2.45) is 0 Å². The van der Waals surface area contributed by atoms with Gasteiger partial charge in [-0.05, 0) is 25.3 Å². The van der Waals surface area contributed by atoms with Crippen LogP contribution in [0.2, 0.25) is 0 Å². The summed E-state index contributed by atoms with van der Waals surface area (Å²) in [5, 5.41) is 10.6. The summed E-state index contributed by atoms with van der Waals surface area (Å²) < 4.78 is 4.66. The quantitative estimate of drug-likeness (QED) is 0.483. The summed E-state index contributed by atoms with van der Waals surface area (Å²) in [5.41, 5.74) is 0. The zero-order chi connectivity index (χ0) is 15.4. The number of methoxy groups -OCH3 is 1. The van der Waals surface area contributed by atoms with E-state index in [2.05, 4.69) is 4.74 Å². The van der Waals surface area contributed by atoms with Crippen LogP contribution < -0.4 is 0 Å². The zero-order valence-corrected chi connectivity index (χ0v) is 12.4. The fourth-order valence-electron chi connectivity index (χ4n) is 2.44. The third kappa shape index (κ3) is 3.57. The van der Waals surface area contributed by atoms with Gasteiger partial charge in [-0.25, -0.2) is 0 Å². The van der Waals surface area contributed by atoms with Gasteiger partial charge in [0.05, 0.1) is 23.3 Å². The Hall–Kier alpha value is -1.96. The van der Waals surface area contributed by atoms with Crippen LogP contribution in [-0.4, -0.2) is 41.4 Å². The molecule has 7 nitrogen and oxygen atoms in total. The predicted molar refractivity (Wildman–Crippen MR) is 76.3 cm³/mol. The fraction of sp³-hybridized carbons (Fsp3) is 0.538. The van der Waals surface area contributed by atoms with Gasteiger partial charge in [-0.15, -0.1) is 0 Å². The smallest absolute Gasteiger partial charge is 0.324 e. The van der Waals surface area contributed by atoms with Gasteiger partial charge in [0.2, 0.25) is 0 Å². The first kappa shape index (κ1) is 15.4. The van der Waals surface area contributed by atoms with Gasteiger partial charge < -0.3 is 9.64 Å². The van der Waals surface area contributed by atoms with E-state index in [1.165, 1.54) is 19.2 Å². The molecule has 0 saturated carbocycles. The van der Waals surface area contributed by atoms with Crippen molar-refractivity contribution in [3.8, 4) is 0 Å². The molecule has 1 fully saturated rings. The normalized spacial score (nSPS) is 18.3. The Kier molecular flexibility index (Phi) is 4.89. The van der Waals surface area contributed by atoms with Crippen molar-refractivity contribution in [2.45, 2.75) is 31.7 Å². The standard InChI is InChI=1S/C13H16N2O5S/c1-20-12(16)8-9-4-2-3-7-14(9)13(17)10-5-6-11(21-10)15(18)19/h5-6,9H,2-4,7-8H2,1H3. The second-order valence-corrected chi connectivity index (χ2v) is 5.89. The van der Waals surface area contributed by atoms with Gasteiger partial charge in [-0.2, -0.15) is 0 Å². The predicted octanol–water partition coefficient (Wildman–Crippen LogP) is 2.21. The van der Waals surface area contributed by atoms with E-state index in [0.29, 0.717) is 11.4 Å². The zero-order valence-electron chi connectivity index (χ0n) is 11.6. The SMILES string of the molecule is COC(=O)CC1CCCCN1C(=O)c1ccc([N+](=O)[O-])s1. The minimum absolute atomic E-state index is 0.0557. The molecule has 1 amide bonds. The van der Waals surface area contributed by atoms with Crippen molar-refractivity contribution in [1.82, 2.24) is 4.90 Å². The number of esters is 1. The van der Waals surface area contributed by atoms with Gasteiger partial charge >= 0.3 is 11.0 Å². The summed E-state index contributed by atoms with van der Waals surface area (Å²) in [5.74, 6) is -0.599. The molecule has 1 aromatic rings. The monoisotopic (exact) mass is 312 g/mol. The third-order valence-corrected chi connectivity index (χ3v) is 4.53. The minimum atomic E-state index is -0.510. The molecular weight excluding hydrogens is 296 g/mol. The van der Waals surface area contributed by atoms with Gasteiger partial charge in [-0.1, -0.05) is 11.3 Å². The Balaban J connectivity index is 2.13. The van der Waals surface area contributed by atoms with Crippen LogP contribution in [0.4, 0.5) is 5.00 Å². The number of ether oxygens (including phenoxy) is 1. The Bertz CT molecular complexity index is 557. The first-order chi connectivity index (χ1) is 10.0. The average molecular weight is 312 g/mol. The number of piperidine rings is 1. The van der Waals surface area contributed by atoms with Crippen molar-refractivity contribution >= 4 is 28.2 Å². The van der Waals surface area contributed by atoms with Gasteiger partial charge in [0.25, 0.3) is 5.91 Å². The molecule has 114 valence electrons. The number of nitro groups is 1. The molecule has 0 aromatic carbocycles. The highest BCUT2D eigenvalue weighted by Crippen LogP contribution is 2.28. The van der Waals surface area contributed by atoms with Crippen LogP contribution >= 0.6 is 11.3 Å². The lowest BCUT2D eigenvalue weighted by Crippen LogP contribution is -2.44. The number of hydrogen-bond acceptors (Lipinski definition) is 6. The maximum atomic E-state index is 12.5. The van der Waals surface area contributed by atoms with Crippen LogP contribution in [0.15, 0.2) is 12.1 Å². The van der Waals surface area contributed by atoms with E-state index < -0.39 is 4.92 Å². The summed E-state index contributed by atoms with van der Waals surface area (Å²) in [7, 11) is 1.32. The summed E-state index contributed by atoms with van der Waals surface area (Å²) in [4.78, 5) is 36.1. The number of thiophene rings is 1. The van der Waals surface area contributed by atoms with Gasteiger partial charge in [0.15, 0.2) is 0 Å². The van der Waals surface area contributed by atoms with Crippen LogP contribution in [0.1, 0.15) is 35.4 Å². The first-order valence-electron chi connectivity index (χ1n) is 6.65. The molecule has 0 spiro atoms. The molecule has 1 aliphatic heterocycles. The van der Waals surface area contributed by atoms with E-state index >= 15 is 0 Å². The second kappa shape index (κ2) is 6.66. The molecule has 1 aromatic heterocycles. The molecule has 1 atom stereocenters. The highest BCUT2D eigenvalue weighted by molar-refractivity contribution is 7.17. The highest BCUT2D eigenvalue weighted by Gasteiger charge is 2.30. The lowest BCUT2D eigenvalue weighted by Gasteiger charge is -2.34. The molecule has 1 saturated heterocycles. The summed E-state index contributed by atoms with van der Waals surface area (Å²) in [6, 6.07) is 2.60.